The molecule has 0 spiro atoms. The standard InChI is InChI=1S/C19H19N3O2S/c1-19(23)17(22-10-4-3-5-11-22)16(15(12-20)18(25)21-19)13-6-8-14(24-2)9-7-13/h3-11,16-17,20,23H,1-2H3/p+1/t16-,17+,19+/m0/s1. The number of aliphatic hydroxyl groups is 1. The number of methoxy groups -OCH3 is 1. The summed E-state index contributed by atoms with van der Waals surface area (Å²) in [5.74, 6) is 2.90. The first-order chi connectivity index (χ1) is 12.0. The van der Waals surface area contributed by atoms with E-state index in [0.29, 0.717) is 10.6 Å². The molecule has 0 unspecified atom stereocenters. The first-order valence-electron chi connectivity index (χ1n) is 7.92. The Morgan fingerprint density at radius 3 is 2.44 bits per heavy atom. The van der Waals surface area contributed by atoms with E-state index in [1.54, 1.807) is 14.0 Å². The van der Waals surface area contributed by atoms with Gasteiger partial charge in [0.05, 0.1) is 18.6 Å². The van der Waals surface area contributed by atoms with Crippen molar-refractivity contribution in [2.24, 2.45) is 0 Å². The summed E-state index contributed by atoms with van der Waals surface area (Å²) in [7, 11) is 1.62. The average molecular weight is 354 g/mol. The number of thiocarbonyl (C=S) groups is 1. The van der Waals surface area contributed by atoms with Crippen molar-refractivity contribution in [1.29, 1.82) is 5.41 Å². The molecule has 1 aromatic heterocycles. The van der Waals surface area contributed by atoms with Crippen LogP contribution in [0.2, 0.25) is 0 Å². The van der Waals surface area contributed by atoms with Crippen LogP contribution in [0.4, 0.5) is 0 Å². The highest BCUT2D eigenvalue weighted by molar-refractivity contribution is 7.80. The lowest BCUT2D eigenvalue weighted by atomic mass is 9.77. The molecule has 0 saturated carbocycles. The lowest BCUT2D eigenvalue weighted by Gasteiger charge is -2.40. The first kappa shape index (κ1) is 17.3. The second-order valence-corrected chi connectivity index (χ2v) is 6.57. The van der Waals surface area contributed by atoms with E-state index in [2.05, 4.69) is 11.2 Å². The predicted octanol–water partition coefficient (Wildman–Crippen LogP) is 2.12. The van der Waals surface area contributed by atoms with Crippen molar-refractivity contribution in [2.45, 2.75) is 24.6 Å². The zero-order chi connectivity index (χ0) is 18.0. The van der Waals surface area contributed by atoms with E-state index in [0.717, 1.165) is 11.3 Å². The number of rotatable bonds is 3. The summed E-state index contributed by atoms with van der Waals surface area (Å²) in [5, 5.41) is 21.7. The molecule has 2 aromatic rings. The summed E-state index contributed by atoms with van der Waals surface area (Å²) >= 11 is 5.38. The van der Waals surface area contributed by atoms with Crippen molar-refractivity contribution in [3.05, 3.63) is 66.0 Å². The molecule has 6 heteroatoms. The van der Waals surface area contributed by atoms with Gasteiger partial charge in [0.1, 0.15) is 10.7 Å². The van der Waals surface area contributed by atoms with Crippen molar-refractivity contribution in [1.82, 2.24) is 5.32 Å². The maximum Gasteiger partial charge on any atom is 0.216 e. The summed E-state index contributed by atoms with van der Waals surface area (Å²) in [4.78, 5) is 0.341. The Bertz CT molecular complexity index is 828. The Hall–Kier alpha value is -2.53. The lowest BCUT2D eigenvalue weighted by Crippen LogP contribution is -2.65. The molecule has 1 fully saturated rings. The summed E-state index contributed by atoms with van der Waals surface area (Å²) in [5.41, 5.74) is 0.197. The SMILES string of the molecule is COc1ccc([C@H]2C(=C=N)C(=S)N[C@](C)(O)[C@@H]2[n+]2ccccc2)cc1. The molecule has 0 bridgehead atoms. The van der Waals surface area contributed by atoms with Gasteiger partial charge >= 0.3 is 0 Å². The van der Waals surface area contributed by atoms with Crippen LogP contribution >= 0.6 is 12.2 Å². The van der Waals surface area contributed by atoms with Crippen LogP contribution in [0.1, 0.15) is 24.4 Å². The van der Waals surface area contributed by atoms with Crippen LogP contribution in [-0.4, -0.2) is 28.8 Å². The molecule has 25 heavy (non-hydrogen) atoms. The number of hydrogen-bond acceptors (Lipinski definition) is 4. The minimum absolute atomic E-state index is 0.320. The molecule has 2 heterocycles. The fraction of sp³-hybridized carbons (Fsp3) is 0.263. The monoisotopic (exact) mass is 354 g/mol. The number of benzene rings is 1. The van der Waals surface area contributed by atoms with Gasteiger partial charge in [0.2, 0.25) is 6.04 Å². The van der Waals surface area contributed by atoms with Crippen LogP contribution < -0.4 is 14.6 Å². The van der Waals surface area contributed by atoms with Gasteiger partial charge in [-0.05, 0) is 30.5 Å². The molecule has 1 saturated heterocycles. The van der Waals surface area contributed by atoms with E-state index in [1.165, 1.54) is 0 Å². The molecule has 1 aliphatic heterocycles. The zero-order valence-electron chi connectivity index (χ0n) is 14.1. The van der Waals surface area contributed by atoms with Crippen molar-refractivity contribution in [3.8, 4) is 5.75 Å². The van der Waals surface area contributed by atoms with Crippen molar-refractivity contribution < 1.29 is 14.4 Å². The number of nitrogens with one attached hydrogen (secondary N) is 2. The van der Waals surface area contributed by atoms with E-state index >= 15 is 0 Å². The summed E-state index contributed by atoms with van der Waals surface area (Å²) in [6.45, 7) is 1.70. The van der Waals surface area contributed by atoms with Gasteiger partial charge in [-0.25, -0.2) is 0 Å². The second kappa shape index (κ2) is 6.76. The van der Waals surface area contributed by atoms with Crippen LogP contribution in [-0.2, 0) is 0 Å². The van der Waals surface area contributed by atoms with Crippen molar-refractivity contribution in [2.75, 3.05) is 7.11 Å². The highest BCUT2D eigenvalue weighted by Crippen LogP contribution is 2.41. The van der Waals surface area contributed by atoms with Crippen LogP contribution in [0.5, 0.6) is 5.75 Å². The minimum atomic E-state index is -1.28. The highest BCUT2D eigenvalue weighted by Gasteiger charge is 2.52. The summed E-state index contributed by atoms with van der Waals surface area (Å²) < 4.78 is 7.16. The first-order valence-corrected chi connectivity index (χ1v) is 8.33. The van der Waals surface area contributed by atoms with E-state index in [1.807, 2.05) is 59.4 Å². The van der Waals surface area contributed by atoms with Crippen LogP contribution in [0, 0.1) is 5.41 Å². The molecule has 0 radical (unpaired) electrons. The Kier molecular flexibility index (Phi) is 4.68. The van der Waals surface area contributed by atoms with E-state index in [4.69, 9.17) is 22.4 Å². The van der Waals surface area contributed by atoms with Gasteiger partial charge in [-0.3, -0.25) is 5.41 Å². The predicted molar refractivity (Wildman–Crippen MR) is 99.0 cm³/mol. The van der Waals surface area contributed by atoms with Crippen molar-refractivity contribution >= 4 is 23.1 Å². The number of piperidine rings is 1. The van der Waals surface area contributed by atoms with Crippen LogP contribution in [0.3, 0.4) is 0 Å². The fourth-order valence-electron chi connectivity index (χ4n) is 3.35. The third-order valence-electron chi connectivity index (χ3n) is 4.48. The topological polar surface area (TPSA) is 69.2 Å². The molecular weight excluding hydrogens is 334 g/mol. The number of aromatic nitrogens is 1. The summed E-state index contributed by atoms with van der Waals surface area (Å²) in [6.07, 6.45) is 3.79. The molecule has 5 nitrogen and oxygen atoms in total. The molecule has 3 rings (SSSR count). The van der Waals surface area contributed by atoms with E-state index < -0.39 is 11.8 Å². The van der Waals surface area contributed by atoms with Gasteiger partial charge in [-0.15, -0.1) is 0 Å². The minimum Gasteiger partial charge on any atom is -0.497 e. The molecule has 128 valence electrons. The van der Waals surface area contributed by atoms with Gasteiger partial charge in [-0.2, -0.15) is 4.57 Å². The summed E-state index contributed by atoms with van der Waals surface area (Å²) in [6, 6.07) is 12.9. The molecular formula is C19H20N3O2S+. The van der Waals surface area contributed by atoms with Gasteiger partial charge in [0.25, 0.3) is 0 Å². The van der Waals surface area contributed by atoms with Crippen LogP contribution in [0.25, 0.3) is 0 Å². The van der Waals surface area contributed by atoms with Gasteiger partial charge in [-0.1, -0.05) is 30.4 Å². The van der Waals surface area contributed by atoms with E-state index in [-0.39, 0.29) is 5.92 Å². The smallest absolute Gasteiger partial charge is 0.216 e. The molecule has 1 aromatic carbocycles. The van der Waals surface area contributed by atoms with Crippen molar-refractivity contribution in [3.63, 3.8) is 0 Å². The fourth-order valence-corrected chi connectivity index (χ4v) is 3.73. The molecule has 1 aliphatic rings. The number of pyridine rings is 1. The molecule has 0 amide bonds. The van der Waals surface area contributed by atoms with Gasteiger partial charge < -0.3 is 15.2 Å². The normalized spacial score (nSPS) is 25.9. The Balaban J connectivity index is 2.18. The van der Waals surface area contributed by atoms with Crippen LogP contribution in [0.15, 0.2) is 60.4 Å². The lowest BCUT2D eigenvalue weighted by molar-refractivity contribution is -0.740. The molecule has 3 atom stereocenters. The second-order valence-electron chi connectivity index (χ2n) is 6.16. The Labute approximate surface area is 152 Å². The largest absolute Gasteiger partial charge is 0.497 e. The van der Waals surface area contributed by atoms with E-state index in [9.17, 15) is 5.11 Å². The number of hydrogen-bond donors (Lipinski definition) is 3. The molecule has 0 aliphatic carbocycles. The quantitative estimate of drug-likeness (QED) is 0.342. The third kappa shape index (κ3) is 3.20. The third-order valence-corrected chi connectivity index (χ3v) is 4.81. The number of nitrogens with zero attached hydrogens (tertiary/aromatic N) is 1. The average Bonchev–Trinajstić information content (AvgIpc) is 2.61. The van der Waals surface area contributed by atoms with Gasteiger partial charge in [0, 0.05) is 12.1 Å². The van der Waals surface area contributed by atoms with Gasteiger partial charge in [0.15, 0.2) is 18.1 Å². The zero-order valence-corrected chi connectivity index (χ0v) is 14.9. The Morgan fingerprint density at radius 2 is 1.88 bits per heavy atom. The number of ether oxygens (including phenoxy) is 1. The maximum absolute atomic E-state index is 11.1. The highest BCUT2D eigenvalue weighted by atomic mass is 32.1. The molecule has 3 N–H and O–H groups in total. The Morgan fingerprint density at radius 1 is 1.24 bits per heavy atom. The maximum atomic E-state index is 11.1.